The number of rotatable bonds is 4. The Morgan fingerprint density at radius 3 is 0.926 bits per heavy atom. The van der Waals surface area contributed by atoms with E-state index in [2.05, 4.69) is 126 Å². The molecule has 3 aromatic rings. The van der Waals surface area contributed by atoms with E-state index in [1.54, 1.807) is 0 Å². The first-order valence-corrected chi connectivity index (χ1v) is 11.7. The molecule has 1 saturated carbocycles. The molecule has 0 atom stereocenters. The molecule has 27 heavy (non-hydrogen) atoms. The van der Waals surface area contributed by atoms with E-state index in [1.807, 2.05) is 0 Å². The summed E-state index contributed by atoms with van der Waals surface area (Å²) in [6.45, 7) is 12.4. The van der Waals surface area contributed by atoms with Crippen molar-refractivity contribution in [2.75, 3.05) is 0 Å². The Balaban J connectivity index is 2.16. The fraction of sp³-hybridized carbons (Fsp3) is 0.308. The molecule has 138 valence electrons. The molecule has 0 bridgehead atoms. The second kappa shape index (κ2) is 6.05. The number of hydrogen-bond acceptors (Lipinski definition) is 0. The predicted molar refractivity (Wildman–Crippen MR) is 121 cm³/mol. The summed E-state index contributed by atoms with van der Waals surface area (Å²) in [5.74, 6) is 0. The van der Waals surface area contributed by atoms with E-state index in [1.165, 1.54) is 15.9 Å². The van der Waals surface area contributed by atoms with E-state index in [0.29, 0.717) is 0 Å². The largest absolute Gasteiger partial charge is 0.118 e. The SMILES string of the molecule is CC1(C)C(C)(C)C1(C)[P+](c1ccccc1)(c1ccccc1)c1ccccc1. The van der Waals surface area contributed by atoms with E-state index < -0.39 is 7.26 Å². The van der Waals surface area contributed by atoms with Gasteiger partial charge < -0.3 is 0 Å². The van der Waals surface area contributed by atoms with Crippen LogP contribution >= 0.6 is 7.26 Å². The molecule has 3 aromatic carbocycles. The maximum Gasteiger partial charge on any atom is 0.118 e. The lowest BCUT2D eigenvalue weighted by molar-refractivity contribution is 0.457. The van der Waals surface area contributed by atoms with Crippen molar-refractivity contribution in [2.45, 2.75) is 39.8 Å². The van der Waals surface area contributed by atoms with E-state index in [0.717, 1.165) is 0 Å². The lowest BCUT2D eigenvalue weighted by atomic mass is 10.0. The van der Waals surface area contributed by atoms with Crippen LogP contribution in [0.4, 0.5) is 0 Å². The molecule has 0 N–H and O–H groups in total. The van der Waals surface area contributed by atoms with E-state index >= 15 is 0 Å². The van der Waals surface area contributed by atoms with E-state index in [4.69, 9.17) is 0 Å². The summed E-state index contributed by atoms with van der Waals surface area (Å²) in [4.78, 5) is 0. The average molecular weight is 374 g/mol. The first-order valence-electron chi connectivity index (χ1n) is 9.88. The molecular weight excluding hydrogens is 343 g/mol. The smallest absolute Gasteiger partial charge is 0.0620 e. The Morgan fingerprint density at radius 2 is 0.704 bits per heavy atom. The summed E-state index contributed by atoms with van der Waals surface area (Å²) < 4.78 is 0. The summed E-state index contributed by atoms with van der Waals surface area (Å²) in [6.07, 6.45) is 0. The van der Waals surface area contributed by atoms with Crippen LogP contribution in [0.15, 0.2) is 91.0 Å². The topological polar surface area (TPSA) is 0 Å². The first kappa shape index (κ1) is 18.5. The van der Waals surface area contributed by atoms with Crippen LogP contribution in [0.5, 0.6) is 0 Å². The van der Waals surface area contributed by atoms with Crippen molar-refractivity contribution < 1.29 is 0 Å². The summed E-state index contributed by atoms with van der Waals surface area (Å²) in [6, 6.07) is 33.9. The summed E-state index contributed by atoms with van der Waals surface area (Å²) in [5, 5.41) is 4.65. The molecule has 1 aliphatic rings. The molecule has 0 radical (unpaired) electrons. The van der Waals surface area contributed by atoms with Gasteiger partial charge in [-0.1, -0.05) is 82.3 Å². The minimum Gasteiger partial charge on any atom is -0.0620 e. The van der Waals surface area contributed by atoms with Crippen molar-refractivity contribution in [3.8, 4) is 0 Å². The van der Waals surface area contributed by atoms with Gasteiger partial charge in [0.1, 0.15) is 28.3 Å². The van der Waals surface area contributed by atoms with Crippen molar-refractivity contribution in [1.82, 2.24) is 0 Å². The Morgan fingerprint density at radius 1 is 0.444 bits per heavy atom. The number of benzene rings is 3. The Hall–Kier alpha value is -1.91. The quantitative estimate of drug-likeness (QED) is 0.507. The monoisotopic (exact) mass is 373 g/mol. The highest BCUT2D eigenvalue weighted by Crippen LogP contribution is 2.90. The van der Waals surface area contributed by atoms with Gasteiger partial charge in [-0.15, -0.1) is 0 Å². The molecule has 0 nitrogen and oxygen atoms in total. The summed E-state index contributed by atoms with van der Waals surface area (Å²) >= 11 is 0. The lowest BCUT2D eigenvalue weighted by Crippen LogP contribution is -2.42. The maximum absolute atomic E-state index is 2.55. The highest BCUT2D eigenvalue weighted by Gasteiger charge is 2.88. The number of hydrogen-bond donors (Lipinski definition) is 0. The molecule has 0 aliphatic heterocycles. The Bertz CT molecular complexity index is 813. The van der Waals surface area contributed by atoms with Crippen LogP contribution in [-0.2, 0) is 0 Å². The zero-order valence-electron chi connectivity index (χ0n) is 17.1. The van der Waals surface area contributed by atoms with Crippen molar-refractivity contribution in [3.63, 3.8) is 0 Å². The summed E-state index contributed by atoms with van der Waals surface area (Å²) in [7, 11) is -1.87. The van der Waals surface area contributed by atoms with Crippen LogP contribution < -0.4 is 15.9 Å². The van der Waals surface area contributed by atoms with Gasteiger partial charge in [-0.25, -0.2) is 0 Å². The Kier molecular flexibility index (Phi) is 4.13. The molecule has 1 aliphatic carbocycles. The van der Waals surface area contributed by atoms with Crippen LogP contribution in [0.3, 0.4) is 0 Å². The van der Waals surface area contributed by atoms with Crippen molar-refractivity contribution in [2.24, 2.45) is 10.8 Å². The standard InChI is InChI=1S/C26H30P/c1-24(2)25(3,4)26(24,5)27(21-15-9-6-10-16-21,22-17-11-7-12-18-22)23-19-13-8-14-20-23/h6-20H,1-5H3/q+1. The molecule has 0 aromatic heterocycles. The molecule has 1 fully saturated rings. The highest BCUT2D eigenvalue weighted by atomic mass is 31.2. The van der Waals surface area contributed by atoms with Gasteiger partial charge in [0.2, 0.25) is 0 Å². The van der Waals surface area contributed by atoms with Gasteiger partial charge >= 0.3 is 0 Å². The molecule has 0 saturated heterocycles. The minimum absolute atomic E-state index is 0.178. The fourth-order valence-electron chi connectivity index (χ4n) is 5.58. The maximum atomic E-state index is 2.55. The lowest BCUT2D eigenvalue weighted by Gasteiger charge is -2.36. The molecule has 0 unspecified atom stereocenters. The molecular formula is C26H30P+. The molecule has 0 amide bonds. The second-order valence-corrected chi connectivity index (χ2v) is 12.8. The van der Waals surface area contributed by atoms with E-state index in [9.17, 15) is 0 Å². The van der Waals surface area contributed by atoms with Gasteiger partial charge in [0.15, 0.2) is 0 Å². The third-order valence-electron chi connectivity index (χ3n) is 8.04. The third kappa shape index (κ3) is 2.14. The van der Waals surface area contributed by atoms with Gasteiger partial charge in [0, 0.05) is 10.8 Å². The third-order valence-corrected chi connectivity index (χ3v) is 13.7. The highest BCUT2D eigenvalue weighted by molar-refractivity contribution is 7.97. The van der Waals surface area contributed by atoms with Crippen molar-refractivity contribution >= 4 is 23.2 Å². The van der Waals surface area contributed by atoms with Gasteiger partial charge in [-0.05, 0) is 43.3 Å². The molecule has 4 rings (SSSR count). The molecule has 0 spiro atoms. The molecule has 0 heterocycles. The van der Waals surface area contributed by atoms with Crippen molar-refractivity contribution in [1.29, 1.82) is 0 Å². The summed E-state index contributed by atoms with van der Waals surface area (Å²) in [5.41, 5.74) is 0.491. The Labute approximate surface area is 165 Å². The van der Waals surface area contributed by atoms with Gasteiger partial charge in [-0.3, -0.25) is 0 Å². The first-order chi connectivity index (χ1) is 12.8. The predicted octanol–water partition coefficient (Wildman–Crippen LogP) is 5.81. The van der Waals surface area contributed by atoms with Crippen LogP contribution in [0.25, 0.3) is 0 Å². The average Bonchev–Trinajstić information content (AvgIpc) is 3.02. The van der Waals surface area contributed by atoms with Crippen LogP contribution in [-0.4, -0.2) is 5.16 Å². The van der Waals surface area contributed by atoms with E-state index in [-0.39, 0.29) is 16.0 Å². The fourth-order valence-corrected chi connectivity index (χ4v) is 12.1. The minimum atomic E-state index is -1.87. The van der Waals surface area contributed by atoms with Crippen LogP contribution in [0.1, 0.15) is 34.6 Å². The van der Waals surface area contributed by atoms with Gasteiger partial charge in [0.05, 0.1) is 0 Å². The zero-order valence-corrected chi connectivity index (χ0v) is 18.0. The van der Waals surface area contributed by atoms with Crippen LogP contribution in [0.2, 0.25) is 0 Å². The zero-order chi connectivity index (χ0) is 19.3. The second-order valence-electron chi connectivity index (χ2n) is 9.00. The van der Waals surface area contributed by atoms with Crippen molar-refractivity contribution in [3.05, 3.63) is 91.0 Å². The van der Waals surface area contributed by atoms with Gasteiger partial charge in [0.25, 0.3) is 0 Å². The normalized spacial score (nSPS) is 19.4. The van der Waals surface area contributed by atoms with Gasteiger partial charge in [-0.2, -0.15) is 0 Å². The molecule has 1 heteroatoms. The van der Waals surface area contributed by atoms with Crippen LogP contribution in [0, 0.1) is 10.8 Å².